The molecule has 1 saturated heterocycles. The summed E-state index contributed by atoms with van der Waals surface area (Å²) in [5.41, 5.74) is -0.191. The first-order chi connectivity index (χ1) is 19.3. The fourth-order valence-corrected chi connectivity index (χ4v) is 5.59. The van der Waals surface area contributed by atoms with Gasteiger partial charge in [0.05, 0.1) is 23.8 Å². The smallest absolute Gasteiger partial charge is 0.422 e. The molecule has 1 atom stereocenters. The summed E-state index contributed by atoms with van der Waals surface area (Å²) in [5.74, 6) is -0.654. The third kappa shape index (κ3) is 6.07. The summed E-state index contributed by atoms with van der Waals surface area (Å²) in [5, 5.41) is 15.5. The molecule has 0 unspecified atom stereocenters. The van der Waals surface area contributed by atoms with Crippen LogP contribution >= 0.6 is 11.3 Å². The van der Waals surface area contributed by atoms with E-state index in [9.17, 15) is 18.0 Å². The zero-order valence-electron chi connectivity index (χ0n) is 21.6. The monoisotopic (exact) mass is 568 g/mol. The highest BCUT2D eigenvalue weighted by molar-refractivity contribution is 7.13. The molecular weight excluding hydrogens is 541 g/mol. The Labute approximate surface area is 233 Å². The van der Waals surface area contributed by atoms with Crippen molar-refractivity contribution in [3.63, 3.8) is 0 Å². The van der Waals surface area contributed by atoms with E-state index >= 15 is 0 Å². The highest BCUT2D eigenvalue weighted by Crippen LogP contribution is 2.49. The van der Waals surface area contributed by atoms with Crippen LogP contribution in [-0.4, -0.2) is 47.3 Å². The van der Waals surface area contributed by atoms with Crippen molar-refractivity contribution in [2.24, 2.45) is 0 Å². The van der Waals surface area contributed by atoms with Crippen molar-refractivity contribution < 1.29 is 22.7 Å². The number of carbonyl (C=O) groups excluding carboxylic acids is 1. The number of para-hydroxylation sites is 1. The van der Waals surface area contributed by atoms with Gasteiger partial charge < -0.3 is 20.3 Å². The Bertz CT molecular complexity index is 1450. The Morgan fingerprint density at radius 3 is 2.70 bits per heavy atom. The number of halogens is 3. The minimum Gasteiger partial charge on any atom is -0.457 e. The van der Waals surface area contributed by atoms with Crippen LogP contribution in [0.15, 0.2) is 66.3 Å². The van der Waals surface area contributed by atoms with Crippen LogP contribution in [0.1, 0.15) is 35.3 Å². The van der Waals surface area contributed by atoms with Crippen molar-refractivity contribution >= 4 is 28.6 Å². The van der Waals surface area contributed by atoms with Gasteiger partial charge in [0, 0.05) is 23.5 Å². The SMILES string of the molecule is CNCC[C@H]1CCCN1c1c(NC(=O)c2csc(-c3ccnnc3)n2)ccc(Oc2ccccc2)c1C(F)(F)F. The van der Waals surface area contributed by atoms with E-state index in [1.165, 1.54) is 35.9 Å². The van der Waals surface area contributed by atoms with Gasteiger partial charge in [-0.05, 0) is 63.2 Å². The van der Waals surface area contributed by atoms with Gasteiger partial charge in [-0.25, -0.2) is 4.98 Å². The summed E-state index contributed by atoms with van der Waals surface area (Å²) in [6, 6.07) is 12.6. The van der Waals surface area contributed by atoms with E-state index in [0.29, 0.717) is 30.1 Å². The number of anilines is 2. The van der Waals surface area contributed by atoms with Crippen molar-refractivity contribution in [1.82, 2.24) is 20.5 Å². The Morgan fingerprint density at radius 1 is 1.15 bits per heavy atom. The molecule has 2 aromatic heterocycles. The summed E-state index contributed by atoms with van der Waals surface area (Å²) < 4.78 is 50.2. The van der Waals surface area contributed by atoms with Crippen molar-refractivity contribution in [3.8, 4) is 22.1 Å². The molecule has 0 aliphatic carbocycles. The lowest BCUT2D eigenvalue weighted by atomic mass is 10.0. The molecule has 3 heterocycles. The van der Waals surface area contributed by atoms with E-state index in [2.05, 4.69) is 25.8 Å². The quantitative estimate of drug-likeness (QED) is 0.247. The van der Waals surface area contributed by atoms with Crippen molar-refractivity contribution in [1.29, 1.82) is 0 Å². The minimum absolute atomic E-state index is 0.0502. The summed E-state index contributed by atoms with van der Waals surface area (Å²) in [4.78, 5) is 19.4. The Kier molecular flexibility index (Phi) is 8.27. The number of alkyl halides is 3. The van der Waals surface area contributed by atoms with E-state index in [-0.39, 0.29) is 34.6 Å². The third-order valence-electron chi connectivity index (χ3n) is 6.60. The van der Waals surface area contributed by atoms with Crippen LogP contribution in [0.25, 0.3) is 10.6 Å². The van der Waals surface area contributed by atoms with Crippen LogP contribution in [0.5, 0.6) is 11.5 Å². The number of carbonyl (C=O) groups is 1. The van der Waals surface area contributed by atoms with Gasteiger partial charge in [-0.3, -0.25) is 4.79 Å². The zero-order valence-corrected chi connectivity index (χ0v) is 22.4. The first kappa shape index (κ1) is 27.5. The number of benzene rings is 2. The van der Waals surface area contributed by atoms with E-state index in [0.717, 1.165) is 12.8 Å². The highest BCUT2D eigenvalue weighted by Gasteiger charge is 2.42. The molecule has 1 fully saturated rings. The maximum absolute atomic E-state index is 14.8. The second kappa shape index (κ2) is 12.0. The summed E-state index contributed by atoms with van der Waals surface area (Å²) in [7, 11) is 1.81. The number of ether oxygens (including phenoxy) is 1. The predicted molar refractivity (Wildman–Crippen MR) is 148 cm³/mol. The molecule has 0 spiro atoms. The van der Waals surface area contributed by atoms with Crippen LogP contribution in [-0.2, 0) is 6.18 Å². The molecule has 2 N–H and O–H groups in total. The van der Waals surface area contributed by atoms with Crippen molar-refractivity contribution in [2.75, 3.05) is 30.4 Å². The first-order valence-electron chi connectivity index (χ1n) is 12.8. The van der Waals surface area contributed by atoms with Gasteiger partial charge in [-0.2, -0.15) is 23.4 Å². The molecule has 5 rings (SSSR count). The highest BCUT2D eigenvalue weighted by atomic mass is 32.1. The van der Waals surface area contributed by atoms with E-state index in [1.807, 2.05) is 7.05 Å². The van der Waals surface area contributed by atoms with Gasteiger partial charge in [0.25, 0.3) is 5.91 Å². The molecule has 40 heavy (non-hydrogen) atoms. The molecule has 2 aromatic carbocycles. The molecule has 8 nitrogen and oxygen atoms in total. The van der Waals surface area contributed by atoms with Gasteiger partial charge in [0.15, 0.2) is 0 Å². The fourth-order valence-electron chi connectivity index (χ4n) is 4.80. The second-order valence-corrected chi connectivity index (χ2v) is 10.1. The van der Waals surface area contributed by atoms with Crippen molar-refractivity contribution in [2.45, 2.75) is 31.5 Å². The zero-order chi connectivity index (χ0) is 28.1. The fraction of sp³-hybridized carbons (Fsp3) is 0.286. The topological polar surface area (TPSA) is 92.3 Å². The molecule has 1 aliphatic heterocycles. The van der Waals surface area contributed by atoms with Gasteiger partial charge >= 0.3 is 6.18 Å². The van der Waals surface area contributed by atoms with Crippen molar-refractivity contribution in [3.05, 3.63) is 77.6 Å². The molecule has 0 radical (unpaired) electrons. The molecule has 0 saturated carbocycles. The maximum atomic E-state index is 14.8. The van der Waals surface area contributed by atoms with E-state index in [4.69, 9.17) is 4.74 Å². The van der Waals surface area contributed by atoms with E-state index in [1.54, 1.807) is 46.7 Å². The molecule has 12 heteroatoms. The van der Waals surface area contributed by atoms with Crippen LogP contribution in [0, 0.1) is 0 Å². The lowest BCUT2D eigenvalue weighted by molar-refractivity contribution is -0.138. The normalized spacial score (nSPS) is 15.3. The molecule has 4 aromatic rings. The maximum Gasteiger partial charge on any atom is 0.422 e. The lowest BCUT2D eigenvalue weighted by Gasteiger charge is -2.32. The van der Waals surface area contributed by atoms with Crippen LogP contribution in [0.4, 0.5) is 24.5 Å². The van der Waals surface area contributed by atoms with Crippen LogP contribution in [0.2, 0.25) is 0 Å². The third-order valence-corrected chi connectivity index (χ3v) is 7.49. The number of nitrogens with zero attached hydrogens (tertiary/aromatic N) is 4. The van der Waals surface area contributed by atoms with Crippen LogP contribution < -0.4 is 20.3 Å². The first-order valence-corrected chi connectivity index (χ1v) is 13.7. The number of hydrogen-bond acceptors (Lipinski definition) is 8. The summed E-state index contributed by atoms with van der Waals surface area (Å²) >= 11 is 1.23. The predicted octanol–water partition coefficient (Wildman–Crippen LogP) is 6.24. The number of aromatic nitrogens is 3. The van der Waals surface area contributed by atoms with E-state index < -0.39 is 17.6 Å². The number of rotatable bonds is 9. The second-order valence-electron chi connectivity index (χ2n) is 9.25. The average molecular weight is 569 g/mol. The van der Waals surface area contributed by atoms with Crippen LogP contribution in [0.3, 0.4) is 0 Å². The molecule has 208 valence electrons. The molecule has 1 amide bonds. The number of thiazole rings is 1. The largest absolute Gasteiger partial charge is 0.457 e. The Hall–Kier alpha value is -4.03. The number of amides is 1. The lowest BCUT2D eigenvalue weighted by Crippen LogP contribution is -2.34. The minimum atomic E-state index is -4.75. The van der Waals surface area contributed by atoms with Gasteiger partial charge in [-0.1, -0.05) is 18.2 Å². The van der Waals surface area contributed by atoms with Gasteiger partial charge in [0.1, 0.15) is 27.8 Å². The average Bonchev–Trinajstić information content (AvgIpc) is 3.63. The number of hydrogen-bond donors (Lipinski definition) is 2. The van der Waals surface area contributed by atoms with Gasteiger partial charge in [0.2, 0.25) is 0 Å². The summed E-state index contributed by atoms with van der Waals surface area (Å²) in [6.45, 7) is 1.07. The molecule has 1 aliphatic rings. The van der Waals surface area contributed by atoms with Gasteiger partial charge in [-0.15, -0.1) is 11.3 Å². The molecule has 0 bridgehead atoms. The molecular formula is C28H27F3N6O2S. The Morgan fingerprint density at radius 2 is 1.98 bits per heavy atom. The summed E-state index contributed by atoms with van der Waals surface area (Å²) in [6.07, 6.45) is 0.419. The number of nitrogens with one attached hydrogen (secondary N) is 2. The Balaban J connectivity index is 1.56. The standard InChI is InChI=1S/C28H27F3N6O2S/c1-32-13-12-19-6-5-15-37(19)25-21(35-26(38)22-17-40-27(36-22)18-11-14-33-34-16-18)9-10-23(24(25)28(29,30)31)39-20-7-3-2-4-8-20/h2-4,7-11,14,16-17,19,32H,5-6,12-13,15H2,1H3,(H,35,38)/t19-/m1/s1.